The van der Waals surface area contributed by atoms with Crippen molar-refractivity contribution >= 4 is 23.3 Å². The molecule has 0 spiro atoms. The summed E-state index contributed by atoms with van der Waals surface area (Å²) in [5.74, 6) is -0.0139. The number of likely N-dealkylation sites (tertiary alicyclic amines) is 1. The molecule has 1 saturated heterocycles. The van der Waals surface area contributed by atoms with Gasteiger partial charge in [0.2, 0.25) is 11.8 Å². The number of hydrogen-bond acceptors (Lipinski definition) is 3. The molecule has 1 N–H and O–H groups in total. The van der Waals surface area contributed by atoms with Crippen LogP contribution in [0.2, 0.25) is 0 Å². The average Bonchev–Trinajstić information content (AvgIpc) is 2.47. The zero-order valence-corrected chi connectivity index (χ0v) is 12.4. The fourth-order valence-corrected chi connectivity index (χ4v) is 2.49. The van der Waals surface area contributed by atoms with E-state index in [-0.39, 0.29) is 23.5 Å². The first-order chi connectivity index (χ1) is 9.97. The lowest BCUT2D eigenvalue weighted by Crippen LogP contribution is -2.40. The maximum atomic E-state index is 12.2. The highest BCUT2D eigenvalue weighted by Crippen LogP contribution is 2.20. The second kappa shape index (κ2) is 6.52. The number of Topliss-reactive ketones (excluding diaryl/α,β-unsaturated/α-hetero) is 1. The minimum atomic E-state index is -0.0620. The van der Waals surface area contributed by atoms with Gasteiger partial charge in [0.1, 0.15) is 0 Å². The van der Waals surface area contributed by atoms with Crippen molar-refractivity contribution in [2.75, 3.05) is 18.4 Å². The molecule has 1 aliphatic rings. The summed E-state index contributed by atoms with van der Waals surface area (Å²) in [4.78, 5) is 36.4. The third-order valence-corrected chi connectivity index (χ3v) is 3.87. The maximum Gasteiger partial charge on any atom is 0.227 e. The van der Waals surface area contributed by atoms with Crippen molar-refractivity contribution in [1.29, 1.82) is 0 Å². The van der Waals surface area contributed by atoms with Crippen LogP contribution in [-0.2, 0) is 9.59 Å². The molecule has 1 fully saturated rings. The predicted octanol–water partition coefficient (Wildman–Crippen LogP) is 2.09. The van der Waals surface area contributed by atoms with Crippen LogP contribution in [0.5, 0.6) is 0 Å². The Hall–Kier alpha value is -2.17. The van der Waals surface area contributed by atoms with E-state index < -0.39 is 0 Å². The van der Waals surface area contributed by atoms with Gasteiger partial charge in [-0.15, -0.1) is 0 Å². The van der Waals surface area contributed by atoms with Crippen LogP contribution < -0.4 is 5.32 Å². The van der Waals surface area contributed by atoms with Gasteiger partial charge in [-0.1, -0.05) is 0 Å². The monoisotopic (exact) mass is 288 g/mol. The Morgan fingerprint density at radius 2 is 1.62 bits per heavy atom. The van der Waals surface area contributed by atoms with Crippen molar-refractivity contribution in [3.63, 3.8) is 0 Å². The Kier molecular flexibility index (Phi) is 4.73. The molecule has 1 aromatic carbocycles. The van der Waals surface area contributed by atoms with Gasteiger partial charge in [0.15, 0.2) is 5.78 Å². The number of hydrogen-bond donors (Lipinski definition) is 1. The minimum absolute atomic E-state index is 0.00415. The SMILES string of the molecule is CC(=O)c1ccc(NC(=O)C2CCN(C(C)=O)CC2)cc1. The molecule has 2 rings (SSSR count). The highest BCUT2D eigenvalue weighted by Gasteiger charge is 2.25. The first-order valence-corrected chi connectivity index (χ1v) is 7.14. The van der Waals surface area contributed by atoms with Gasteiger partial charge >= 0.3 is 0 Å². The van der Waals surface area contributed by atoms with E-state index in [4.69, 9.17) is 0 Å². The van der Waals surface area contributed by atoms with Gasteiger partial charge in [-0.3, -0.25) is 14.4 Å². The van der Waals surface area contributed by atoms with Crippen LogP contribution in [0.25, 0.3) is 0 Å². The molecule has 0 saturated carbocycles. The fraction of sp³-hybridized carbons (Fsp3) is 0.438. The summed E-state index contributed by atoms with van der Waals surface area (Å²) in [5, 5.41) is 2.87. The number of nitrogens with zero attached hydrogens (tertiary/aromatic N) is 1. The van der Waals surface area contributed by atoms with Crippen molar-refractivity contribution in [2.24, 2.45) is 5.92 Å². The van der Waals surface area contributed by atoms with Crippen LogP contribution in [0.1, 0.15) is 37.0 Å². The van der Waals surface area contributed by atoms with Gasteiger partial charge in [0.05, 0.1) is 0 Å². The number of anilines is 1. The number of amides is 2. The highest BCUT2D eigenvalue weighted by atomic mass is 16.2. The van der Waals surface area contributed by atoms with E-state index in [1.165, 1.54) is 6.92 Å². The molecule has 0 unspecified atom stereocenters. The van der Waals surface area contributed by atoms with E-state index in [9.17, 15) is 14.4 Å². The molecule has 1 aromatic rings. The molecular weight excluding hydrogens is 268 g/mol. The Morgan fingerprint density at radius 3 is 2.10 bits per heavy atom. The second-order valence-corrected chi connectivity index (χ2v) is 5.40. The lowest BCUT2D eigenvalue weighted by atomic mass is 9.95. The van der Waals surface area contributed by atoms with Gasteiger partial charge in [-0.05, 0) is 44.0 Å². The first kappa shape index (κ1) is 15.2. The van der Waals surface area contributed by atoms with E-state index >= 15 is 0 Å². The third-order valence-electron chi connectivity index (χ3n) is 3.87. The molecule has 5 nitrogen and oxygen atoms in total. The minimum Gasteiger partial charge on any atom is -0.343 e. The Bertz CT molecular complexity index is 543. The van der Waals surface area contributed by atoms with Crippen LogP contribution in [0.4, 0.5) is 5.69 Å². The number of carbonyl (C=O) groups is 3. The van der Waals surface area contributed by atoms with Crippen LogP contribution in [0.15, 0.2) is 24.3 Å². The van der Waals surface area contributed by atoms with Crippen molar-refractivity contribution in [2.45, 2.75) is 26.7 Å². The van der Waals surface area contributed by atoms with Gasteiger partial charge in [-0.2, -0.15) is 0 Å². The predicted molar refractivity (Wildman–Crippen MR) is 80.1 cm³/mol. The fourth-order valence-electron chi connectivity index (χ4n) is 2.49. The molecule has 112 valence electrons. The Morgan fingerprint density at radius 1 is 1.05 bits per heavy atom. The first-order valence-electron chi connectivity index (χ1n) is 7.14. The van der Waals surface area contributed by atoms with Gasteiger partial charge in [0, 0.05) is 37.2 Å². The van der Waals surface area contributed by atoms with E-state index in [0.717, 1.165) is 0 Å². The Balaban J connectivity index is 1.90. The van der Waals surface area contributed by atoms with E-state index in [0.29, 0.717) is 37.2 Å². The van der Waals surface area contributed by atoms with Gasteiger partial charge < -0.3 is 10.2 Å². The average molecular weight is 288 g/mol. The summed E-state index contributed by atoms with van der Waals surface area (Å²) in [6.07, 6.45) is 1.38. The summed E-state index contributed by atoms with van der Waals surface area (Å²) in [5.41, 5.74) is 1.32. The molecule has 1 heterocycles. The van der Waals surface area contributed by atoms with Gasteiger partial charge in [0.25, 0.3) is 0 Å². The van der Waals surface area contributed by atoms with Crippen molar-refractivity contribution in [1.82, 2.24) is 4.90 Å². The molecule has 0 radical (unpaired) electrons. The van der Waals surface area contributed by atoms with Crippen LogP contribution in [0, 0.1) is 5.92 Å². The summed E-state index contributed by atoms with van der Waals surface area (Å²) in [6.45, 7) is 4.33. The van der Waals surface area contributed by atoms with Crippen molar-refractivity contribution in [3.8, 4) is 0 Å². The molecule has 1 aliphatic heterocycles. The van der Waals surface area contributed by atoms with Gasteiger partial charge in [-0.25, -0.2) is 0 Å². The summed E-state index contributed by atoms with van der Waals surface area (Å²) in [6, 6.07) is 6.88. The zero-order valence-electron chi connectivity index (χ0n) is 12.4. The van der Waals surface area contributed by atoms with Crippen molar-refractivity contribution in [3.05, 3.63) is 29.8 Å². The molecule has 0 bridgehead atoms. The molecule has 2 amide bonds. The number of piperidine rings is 1. The molecule has 0 aliphatic carbocycles. The van der Waals surface area contributed by atoms with Crippen LogP contribution in [0.3, 0.4) is 0 Å². The lowest BCUT2D eigenvalue weighted by Gasteiger charge is -2.30. The quantitative estimate of drug-likeness (QED) is 0.866. The number of nitrogens with one attached hydrogen (secondary N) is 1. The number of rotatable bonds is 3. The highest BCUT2D eigenvalue weighted by molar-refractivity contribution is 5.96. The molecule has 5 heteroatoms. The number of benzene rings is 1. The molecule has 0 aromatic heterocycles. The molecule has 21 heavy (non-hydrogen) atoms. The van der Waals surface area contributed by atoms with E-state index in [1.54, 1.807) is 36.1 Å². The standard InChI is InChI=1S/C16H20N2O3/c1-11(19)13-3-5-15(6-4-13)17-16(21)14-7-9-18(10-8-14)12(2)20/h3-6,14H,7-10H2,1-2H3,(H,17,21). The van der Waals surface area contributed by atoms with E-state index in [1.807, 2.05) is 0 Å². The maximum absolute atomic E-state index is 12.2. The summed E-state index contributed by atoms with van der Waals surface area (Å²) in [7, 11) is 0. The third kappa shape index (κ3) is 3.90. The topological polar surface area (TPSA) is 66.5 Å². The zero-order chi connectivity index (χ0) is 15.4. The van der Waals surface area contributed by atoms with E-state index in [2.05, 4.69) is 5.32 Å². The number of carbonyl (C=O) groups excluding carboxylic acids is 3. The van der Waals surface area contributed by atoms with Crippen LogP contribution >= 0.6 is 0 Å². The second-order valence-electron chi connectivity index (χ2n) is 5.40. The molecular formula is C16H20N2O3. The lowest BCUT2D eigenvalue weighted by molar-refractivity contribution is -0.132. The van der Waals surface area contributed by atoms with Crippen molar-refractivity contribution < 1.29 is 14.4 Å². The molecule has 0 atom stereocenters. The smallest absolute Gasteiger partial charge is 0.227 e. The summed E-state index contributed by atoms with van der Waals surface area (Å²) >= 11 is 0. The number of ketones is 1. The Labute approximate surface area is 124 Å². The largest absolute Gasteiger partial charge is 0.343 e. The normalized spacial score (nSPS) is 15.6. The van der Waals surface area contributed by atoms with Crippen LogP contribution in [-0.4, -0.2) is 35.6 Å². The summed E-state index contributed by atoms with van der Waals surface area (Å²) < 4.78 is 0.